The Labute approximate surface area is 152 Å². The molecule has 1 amide bonds. The number of aromatic nitrogens is 3. The van der Waals surface area contributed by atoms with Crippen molar-refractivity contribution < 1.29 is 9.53 Å². The first-order valence-electron chi connectivity index (χ1n) is 8.75. The molecule has 1 aromatic carbocycles. The van der Waals surface area contributed by atoms with Crippen LogP contribution >= 0.6 is 0 Å². The number of hydrogen-bond acceptors (Lipinski definition) is 4. The number of carbonyl (C=O) groups excluding carboxylic acids is 1. The molecule has 4 rings (SSSR count). The molecule has 0 atom stereocenters. The Kier molecular flexibility index (Phi) is 4.64. The van der Waals surface area contributed by atoms with E-state index in [1.165, 1.54) is 0 Å². The van der Waals surface area contributed by atoms with Gasteiger partial charge in [-0.15, -0.1) is 0 Å². The molecule has 1 aliphatic rings. The van der Waals surface area contributed by atoms with Gasteiger partial charge in [-0.2, -0.15) is 0 Å². The molecule has 1 aliphatic heterocycles. The molecule has 0 aliphatic carbocycles. The second-order valence-corrected chi connectivity index (χ2v) is 6.19. The number of amides is 1. The third-order valence-corrected chi connectivity index (χ3v) is 4.51. The van der Waals surface area contributed by atoms with Gasteiger partial charge in [0.15, 0.2) is 0 Å². The molecular formula is C20H20N4O2. The van der Waals surface area contributed by atoms with Gasteiger partial charge in [-0.3, -0.25) is 4.98 Å². The van der Waals surface area contributed by atoms with Crippen LogP contribution in [0.1, 0.15) is 6.42 Å². The molecule has 0 saturated carbocycles. The Hall–Kier alpha value is -3.15. The van der Waals surface area contributed by atoms with Crippen LogP contribution in [0.4, 0.5) is 4.79 Å². The highest BCUT2D eigenvalue weighted by Gasteiger charge is 2.20. The summed E-state index contributed by atoms with van der Waals surface area (Å²) >= 11 is 0. The zero-order valence-corrected chi connectivity index (χ0v) is 14.4. The smallest absolute Gasteiger partial charge is 0.409 e. The van der Waals surface area contributed by atoms with E-state index in [1.54, 1.807) is 17.3 Å². The molecule has 6 heteroatoms. The fourth-order valence-electron chi connectivity index (χ4n) is 3.20. The molecule has 0 radical (unpaired) electrons. The van der Waals surface area contributed by atoms with Crippen LogP contribution < -0.4 is 0 Å². The molecule has 132 valence electrons. The zero-order valence-electron chi connectivity index (χ0n) is 14.4. The number of rotatable bonds is 5. The molecule has 0 spiro atoms. The normalized spacial score (nSPS) is 14.3. The Morgan fingerprint density at radius 3 is 2.58 bits per heavy atom. The van der Waals surface area contributed by atoms with E-state index in [0.29, 0.717) is 19.7 Å². The predicted octanol–water partition coefficient (Wildman–Crippen LogP) is 3.45. The van der Waals surface area contributed by atoms with Crippen LogP contribution in [0.15, 0.2) is 61.2 Å². The van der Waals surface area contributed by atoms with Crippen LogP contribution in [0.25, 0.3) is 22.5 Å². The highest BCUT2D eigenvalue weighted by atomic mass is 16.6. The van der Waals surface area contributed by atoms with E-state index >= 15 is 0 Å². The summed E-state index contributed by atoms with van der Waals surface area (Å²) in [5, 5.41) is 0. The minimum Gasteiger partial charge on any atom is -0.449 e. The SMILES string of the molecule is O=C1OCCCN1CCn1cnc(-c2ccccc2)c1-c1ccncc1. The second-order valence-electron chi connectivity index (χ2n) is 6.19. The van der Waals surface area contributed by atoms with Crippen molar-refractivity contribution in [1.29, 1.82) is 0 Å². The molecule has 1 fully saturated rings. The Morgan fingerprint density at radius 2 is 1.81 bits per heavy atom. The maximum Gasteiger partial charge on any atom is 0.409 e. The van der Waals surface area contributed by atoms with Crippen LogP contribution in [0.3, 0.4) is 0 Å². The minimum absolute atomic E-state index is 0.231. The average molecular weight is 348 g/mol. The standard InChI is InChI=1S/C20H20N4O2/c25-20-23(11-4-14-26-20)12-13-24-15-22-18(16-5-2-1-3-6-16)19(24)17-7-9-21-10-8-17/h1-3,5-10,15H,4,11-14H2. The van der Waals surface area contributed by atoms with Gasteiger partial charge in [0, 0.05) is 43.2 Å². The molecule has 1 saturated heterocycles. The number of pyridine rings is 1. The molecular weight excluding hydrogens is 328 g/mol. The summed E-state index contributed by atoms with van der Waals surface area (Å²) in [4.78, 5) is 22.4. The quantitative estimate of drug-likeness (QED) is 0.708. The van der Waals surface area contributed by atoms with E-state index in [9.17, 15) is 4.79 Å². The van der Waals surface area contributed by atoms with Gasteiger partial charge in [-0.25, -0.2) is 9.78 Å². The summed E-state index contributed by atoms with van der Waals surface area (Å²) in [5.41, 5.74) is 4.08. The molecule has 0 bridgehead atoms. The van der Waals surface area contributed by atoms with Crippen molar-refractivity contribution in [3.8, 4) is 22.5 Å². The van der Waals surface area contributed by atoms with E-state index in [4.69, 9.17) is 4.74 Å². The Bertz CT molecular complexity index is 877. The summed E-state index contributed by atoms with van der Waals surface area (Å²) in [6.07, 6.45) is 6.05. The zero-order chi connectivity index (χ0) is 17.8. The summed E-state index contributed by atoms with van der Waals surface area (Å²) in [5.74, 6) is 0. The Morgan fingerprint density at radius 1 is 1.00 bits per heavy atom. The number of cyclic esters (lactones) is 1. The number of nitrogens with zero attached hydrogens (tertiary/aromatic N) is 4. The van der Waals surface area contributed by atoms with E-state index in [-0.39, 0.29) is 6.09 Å². The molecule has 0 N–H and O–H groups in total. The average Bonchev–Trinajstić information content (AvgIpc) is 3.13. The number of imidazole rings is 1. The van der Waals surface area contributed by atoms with Crippen LogP contribution in [-0.2, 0) is 11.3 Å². The van der Waals surface area contributed by atoms with Gasteiger partial charge in [-0.05, 0) is 18.6 Å². The third kappa shape index (κ3) is 3.31. The maximum atomic E-state index is 11.9. The predicted molar refractivity (Wildman–Crippen MR) is 98.4 cm³/mol. The summed E-state index contributed by atoms with van der Waals surface area (Å²) in [6.45, 7) is 2.51. The Balaban J connectivity index is 1.66. The first kappa shape index (κ1) is 16.3. The molecule has 2 aromatic heterocycles. The molecule has 3 aromatic rings. The number of benzene rings is 1. The number of hydrogen-bond donors (Lipinski definition) is 0. The van der Waals surface area contributed by atoms with Gasteiger partial charge in [0.1, 0.15) is 0 Å². The second kappa shape index (κ2) is 7.39. The van der Waals surface area contributed by atoms with Crippen LogP contribution in [0.2, 0.25) is 0 Å². The van der Waals surface area contributed by atoms with Crippen molar-refractivity contribution in [1.82, 2.24) is 19.4 Å². The molecule has 26 heavy (non-hydrogen) atoms. The van der Waals surface area contributed by atoms with Crippen LogP contribution in [0.5, 0.6) is 0 Å². The van der Waals surface area contributed by atoms with Crippen molar-refractivity contribution >= 4 is 6.09 Å². The lowest BCUT2D eigenvalue weighted by Crippen LogP contribution is -2.39. The summed E-state index contributed by atoms with van der Waals surface area (Å²) < 4.78 is 7.22. The molecule has 6 nitrogen and oxygen atoms in total. The fourth-order valence-corrected chi connectivity index (χ4v) is 3.20. The van der Waals surface area contributed by atoms with Crippen molar-refractivity contribution in [2.75, 3.05) is 19.7 Å². The highest BCUT2D eigenvalue weighted by molar-refractivity contribution is 5.78. The van der Waals surface area contributed by atoms with Crippen LogP contribution in [0, 0.1) is 0 Å². The lowest BCUT2D eigenvalue weighted by molar-refractivity contribution is 0.0716. The summed E-state index contributed by atoms with van der Waals surface area (Å²) in [6, 6.07) is 14.1. The highest BCUT2D eigenvalue weighted by Crippen LogP contribution is 2.30. The van der Waals surface area contributed by atoms with Gasteiger partial charge < -0.3 is 14.2 Å². The van der Waals surface area contributed by atoms with Crippen molar-refractivity contribution in [2.24, 2.45) is 0 Å². The van der Waals surface area contributed by atoms with E-state index < -0.39 is 0 Å². The van der Waals surface area contributed by atoms with Crippen molar-refractivity contribution in [2.45, 2.75) is 13.0 Å². The monoisotopic (exact) mass is 348 g/mol. The van der Waals surface area contributed by atoms with Crippen LogP contribution in [-0.4, -0.2) is 45.2 Å². The van der Waals surface area contributed by atoms with Crippen molar-refractivity contribution in [3.63, 3.8) is 0 Å². The molecule has 0 unspecified atom stereocenters. The minimum atomic E-state index is -0.231. The van der Waals surface area contributed by atoms with Crippen molar-refractivity contribution in [3.05, 3.63) is 61.2 Å². The van der Waals surface area contributed by atoms with Gasteiger partial charge >= 0.3 is 6.09 Å². The topological polar surface area (TPSA) is 60.2 Å². The summed E-state index contributed by atoms with van der Waals surface area (Å²) in [7, 11) is 0. The number of ether oxygens (including phenoxy) is 1. The molecule has 3 heterocycles. The fraction of sp³-hybridized carbons (Fsp3) is 0.250. The first-order valence-corrected chi connectivity index (χ1v) is 8.75. The van der Waals surface area contributed by atoms with Gasteiger partial charge in [0.2, 0.25) is 0 Å². The van der Waals surface area contributed by atoms with E-state index in [1.807, 2.05) is 36.7 Å². The number of carbonyl (C=O) groups is 1. The largest absolute Gasteiger partial charge is 0.449 e. The lowest BCUT2D eigenvalue weighted by Gasteiger charge is -2.26. The first-order chi connectivity index (χ1) is 12.8. The van der Waals surface area contributed by atoms with E-state index in [0.717, 1.165) is 35.5 Å². The maximum absolute atomic E-state index is 11.9. The van der Waals surface area contributed by atoms with Gasteiger partial charge in [0.25, 0.3) is 0 Å². The van der Waals surface area contributed by atoms with Gasteiger partial charge in [-0.1, -0.05) is 30.3 Å². The van der Waals surface area contributed by atoms with E-state index in [2.05, 4.69) is 26.7 Å². The lowest BCUT2D eigenvalue weighted by atomic mass is 10.1. The van der Waals surface area contributed by atoms with Gasteiger partial charge in [0.05, 0.1) is 24.3 Å². The third-order valence-electron chi connectivity index (χ3n) is 4.51.